The number of rotatable bonds is 2. The number of carbonyl (C=O) groups is 1. The zero-order valence-corrected chi connectivity index (χ0v) is 10.5. The molecule has 4 heteroatoms. The highest BCUT2D eigenvalue weighted by Crippen LogP contribution is 2.35. The number of hydrogen-bond acceptors (Lipinski definition) is 1. The molecule has 2 nitrogen and oxygen atoms in total. The van der Waals surface area contributed by atoms with Crippen LogP contribution in [0.25, 0.3) is 10.9 Å². The van der Waals surface area contributed by atoms with Crippen molar-refractivity contribution in [1.29, 1.82) is 0 Å². The van der Waals surface area contributed by atoms with Crippen molar-refractivity contribution in [2.75, 3.05) is 0 Å². The van der Waals surface area contributed by atoms with Crippen LogP contribution in [0.3, 0.4) is 0 Å². The van der Waals surface area contributed by atoms with Gasteiger partial charge in [-0.1, -0.05) is 0 Å². The molecule has 0 aliphatic heterocycles. The molecule has 1 N–H and O–H groups in total. The Morgan fingerprint density at radius 3 is 2.88 bits per heavy atom. The van der Waals surface area contributed by atoms with E-state index in [1.54, 1.807) is 6.07 Å². The van der Waals surface area contributed by atoms with Crippen molar-refractivity contribution in [3.05, 3.63) is 33.3 Å². The van der Waals surface area contributed by atoms with Crippen molar-refractivity contribution >= 4 is 39.3 Å². The molecule has 1 fully saturated rings. The summed E-state index contributed by atoms with van der Waals surface area (Å²) in [6.45, 7) is 0. The Hall–Kier alpha value is -0.910. The highest BCUT2D eigenvalue weighted by molar-refractivity contribution is 14.1. The van der Waals surface area contributed by atoms with Crippen LogP contribution in [0.15, 0.2) is 18.2 Å². The van der Waals surface area contributed by atoms with Gasteiger partial charge in [0.25, 0.3) is 0 Å². The first-order chi connectivity index (χ1) is 7.66. The second-order valence-electron chi connectivity index (χ2n) is 4.14. The molecule has 1 heterocycles. The van der Waals surface area contributed by atoms with E-state index in [0.717, 1.165) is 27.3 Å². The van der Waals surface area contributed by atoms with Crippen LogP contribution < -0.4 is 0 Å². The molecule has 0 amide bonds. The van der Waals surface area contributed by atoms with Crippen molar-refractivity contribution < 1.29 is 9.18 Å². The number of H-pyrrole nitrogens is 1. The number of Topliss-reactive ketones (excluding diaryl/α,β-unsaturated/α-hetero) is 1. The van der Waals surface area contributed by atoms with Gasteiger partial charge < -0.3 is 4.98 Å². The van der Waals surface area contributed by atoms with E-state index >= 15 is 0 Å². The minimum absolute atomic E-state index is 0.168. The number of aromatic amines is 1. The quantitative estimate of drug-likeness (QED) is 0.664. The molecular formula is C12H9FINO. The van der Waals surface area contributed by atoms with Gasteiger partial charge in [0.15, 0.2) is 5.78 Å². The number of benzene rings is 1. The number of nitrogens with one attached hydrogen (secondary N) is 1. The normalized spacial score (nSPS) is 15.6. The van der Waals surface area contributed by atoms with Gasteiger partial charge in [-0.3, -0.25) is 4.79 Å². The molecule has 3 rings (SSSR count). The maximum Gasteiger partial charge on any atom is 0.183 e. The van der Waals surface area contributed by atoms with Gasteiger partial charge in [-0.15, -0.1) is 0 Å². The van der Waals surface area contributed by atoms with Crippen molar-refractivity contribution in [1.82, 2.24) is 4.98 Å². The topological polar surface area (TPSA) is 32.9 Å². The summed E-state index contributed by atoms with van der Waals surface area (Å²) in [7, 11) is 0. The van der Waals surface area contributed by atoms with Gasteiger partial charge in [0.2, 0.25) is 0 Å². The Bertz CT molecular complexity index is 586. The highest BCUT2D eigenvalue weighted by Gasteiger charge is 2.32. The number of halogens is 2. The average Bonchev–Trinajstić information content (AvgIpc) is 3.05. The lowest BCUT2D eigenvalue weighted by Gasteiger charge is -1.94. The van der Waals surface area contributed by atoms with Crippen LogP contribution in [0.5, 0.6) is 0 Å². The molecule has 0 unspecified atom stereocenters. The maximum absolute atomic E-state index is 13.1. The van der Waals surface area contributed by atoms with Crippen LogP contribution in [0.1, 0.15) is 23.3 Å². The minimum Gasteiger partial charge on any atom is -0.351 e. The number of carbonyl (C=O) groups excluding carboxylic acids is 1. The minimum atomic E-state index is -0.269. The Morgan fingerprint density at radius 1 is 1.44 bits per heavy atom. The summed E-state index contributed by atoms with van der Waals surface area (Å²) in [5, 5.41) is 0.796. The monoisotopic (exact) mass is 329 g/mol. The lowest BCUT2D eigenvalue weighted by Crippen LogP contribution is -2.03. The maximum atomic E-state index is 13.1. The van der Waals surface area contributed by atoms with Gasteiger partial charge in [0, 0.05) is 20.4 Å². The second-order valence-corrected chi connectivity index (χ2v) is 5.22. The first kappa shape index (κ1) is 10.3. The molecule has 1 aromatic carbocycles. The first-order valence-electron chi connectivity index (χ1n) is 5.18. The Labute approximate surface area is 105 Å². The molecule has 16 heavy (non-hydrogen) atoms. The number of hydrogen-bond donors (Lipinski definition) is 1. The molecule has 0 saturated heterocycles. The smallest absolute Gasteiger partial charge is 0.183 e. The van der Waals surface area contributed by atoms with Crippen LogP contribution in [0.4, 0.5) is 4.39 Å². The fourth-order valence-electron chi connectivity index (χ4n) is 1.85. The fraction of sp³-hybridized carbons (Fsp3) is 0.250. The van der Waals surface area contributed by atoms with Gasteiger partial charge >= 0.3 is 0 Å². The Morgan fingerprint density at radius 2 is 2.19 bits per heavy atom. The standard InChI is InChI=1S/C12H9FINO/c13-7-3-4-9-8(5-7)10(14)11(15-9)12(16)6-1-2-6/h3-6,15H,1-2H2. The predicted molar refractivity (Wildman–Crippen MR) is 68.0 cm³/mol. The summed E-state index contributed by atoms with van der Waals surface area (Å²) in [6, 6.07) is 4.55. The first-order valence-corrected chi connectivity index (χ1v) is 6.25. The Kier molecular flexibility index (Phi) is 2.27. The van der Waals surface area contributed by atoms with Gasteiger partial charge in [0.05, 0.1) is 5.69 Å². The summed E-state index contributed by atoms with van der Waals surface area (Å²) in [6.07, 6.45) is 1.97. The molecule has 2 aromatic rings. The third-order valence-electron chi connectivity index (χ3n) is 2.89. The van der Waals surface area contributed by atoms with Gasteiger partial charge in [-0.25, -0.2) is 4.39 Å². The van der Waals surface area contributed by atoms with E-state index in [1.807, 2.05) is 0 Å². The lowest BCUT2D eigenvalue weighted by molar-refractivity contribution is 0.0962. The lowest BCUT2D eigenvalue weighted by atomic mass is 10.2. The number of ketones is 1. The summed E-state index contributed by atoms with van der Waals surface area (Å²) in [5.74, 6) is 0.0854. The van der Waals surface area contributed by atoms with Gasteiger partial charge in [-0.2, -0.15) is 0 Å². The van der Waals surface area contributed by atoms with Crippen LogP contribution >= 0.6 is 22.6 Å². The van der Waals surface area contributed by atoms with E-state index in [1.165, 1.54) is 12.1 Å². The molecule has 0 atom stereocenters. The van der Waals surface area contributed by atoms with E-state index in [2.05, 4.69) is 27.6 Å². The zero-order valence-electron chi connectivity index (χ0n) is 8.39. The molecule has 0 bridgehead atoms. The molecule has 1 aliphatic rings. The molecule has 0 radical (unpaired) electrons. The largest absolute Gasteiger partial charge is 0.351 e. The van der Waals surface area contributed by atoms with Crippen LogP contribution in [-0.4, -0.2) is 10.8 Å². The van der Waals surface area contributed by atoms with Crippen molar-refractivity contribution in [3.63, 3.8) is 0 Å². The molecule has 1 aromatic heterocycles. The predicted octanol–water partition coefficient (Wildman–Crippen LogP) is 3.50. The molecule has 0 spiro atoms. The van der Waals surface area contributed by atoms with E-state index in [9.17, 15) is 9.18 Å². The highest BCUT2D eigenvalue weighted by atomic mass is 127. The zero-order chi connectivity index (χ0) is 11.3. The third-order valence-corrected chi connectivity index (χ3v) is 4.01. The molecular weight excluding hydrogens is 320 g/mol. The van der Waals surface area contributed by atoms with Crippen LogP contribution in [-0.2, 0) is 0 Å². The SMILES string of the molecule is O=C(c1[nH]c2ccc(F)cc2c1I)C1CC1. The van der Waals surface area contributed by atoms with Gasteiger partial charge in [0.1, 0.15) is 5.82 Å². The Balaban J connectivity index is 2.18. The van der Waals surface area contributed by atoms with Crippen LogP contribution in [0.2, 0.25) is 0 Å². The summed E-state index contributed by atoms with van der Waals surface area (Å²) < 4.78 is 13.9. The van der Waals surface area contributed by atoms with Crippen molar-refractivity contribution in [3.8, 4) is 0 Å². The summed E-state index contributed by atoms with van der Waals surface area (Å²) in [5.41, 5.74) is 1.47. The average molecular weight is 329 g/mol. The van der Waals surface area contributed by atoms with E-state index in [-0.39, 0.29) is 17.5 Å². The van der Waals surface area contributed by atoms with Crippen LogP contribution in [0, 0.1) is 15.3 Å². The summed E-state index contributed by atoms with van der Waals surface area (Å²) >= 11 is 2.11. The second kappa shape index (κ2) is 3.55. The van der Waals surface area contributed by atoms with Crippen molar-refractivity contribution in [2.24, 2.45) is 5.92 Å². The molecule has 1 aliphatic carbocycles. The fourth-order valence-corrected chi connectivity index (χ4v) is 2.70. The number of fused-ring (bicyclic) bond motifs is 1. The summed E-state index contributed by atoms with van der Waals surface area (Å²) in [4.78, 5) is 15.0. The van der Waals surface area contributed by atoms with E-state index in [4.69, 9.17) is 0 Å². The number of aromatic nitrogens is 1. The molecule has 1 saturated carbocycles. The molecule has 82 valence electrons. The van der Waals surface area contributed by atoms with E-state index in [0.29, 0.717) is 5.69 Å². The van der Waals surface area contributed by atoms with E-state index < -0.39 is 0 Å². The van der Waals surface area contributed by atoms with Gasteiger partial charge in [-0.05, 0) is 53.6 Å². The van der Waals surface area contributed by atoms with Crippen molar-refractivity contribution in [2.45, 2.75) is 12.8 Å². The third kappa shape index (κ3) is 1.55.